The summed E-state index contributed by atoms with van der Waals surface area (Å²) < 4.78 is 7.60. The average Bonchev–Trinajstić information content (AvgIpc) is 2.48. The third-order valence-electron chi connectivity index (χ3n) is 3.85. The molecule has 1 aliphatic rings. The van der Waals surface area contributed by atoms with E-state index in [0.29, 0.717) is 13.1 Å². The molecule has 2 heterocycles. The first-order valence-electron chi connectivity index (χ1n) is 6.63. The SMILES string of the molecule is COC1CCN(c2nn(C)c(=O)n(C)c2=O)C(CN)C1. The minimum absolute atomic E-state index is 0.00796. The number of anilines is 1. The van der Waals surface area contributed by atoms with E-state index >= 15 is 0 Å². The maximum absolute atomic E-state index is 12.2. The zero-order valence-electron chi connectivity index (χ0n) is 12.1. The first-order valence-corrected chi connectivity index (χ1v) is 6.63. The Morgan fingerprint density at radius 1 is 1.40 bits per heavy atom. The van der Waals surface area contributed by atoms with Gasteiger partial charge in [-0.25, -0.2) is 9.48 Å². The Kier molecular flexibility index (Phi) is 4.24. The van der Waals surface area contributed by atoms with Crippen LogP contribution in [0, 0.1) is 0 Å². The zero-order chi connectivity index (χ0) is 14.9. The van der Waals surface area contributed by atoms with Gasteiger partial charge in [-0.2, -0.15) is 0 Å². The summed E-state index contributed by atoms with van der Waals surface area (Å²) in [4.78, 5) is 25.8. The molecule has 2 N–H and O–H groups in total. The smallest absolute Gasteiger partial charge is 0.346 e. The molecule has 2 atom stereocenters. The fourth-order valence-electron chi connectivity index (χ4n) is 2.59. The van der Waals surface area contributed by atoms with Crippen molar-refractivity contribution in [1.82, 2.24) is 14.3 Å². The van der Waals surface area contributed by atoms with Gasteiger partial charge >= 0.3 is 5.69 Å². The first kappa shape index (κ1) is 14.7. The van der Waals surface area contributed by atoms with Crippen LogP contribution in [-0.2, 0) is 18.8 Å². The molecule has 0 amide bonds. The Morgan fingerprint density at radius 2 is 2.10 bits per heavy atom. The van der Waals surface area contributed by atoms with Crippen molar-refractivity contribution in [1.29, 1.82) is 0 Å². The predicted octanol–water partition coefficient (Wildman–Crippen LogP) is -1.58. The molecule has 0 spiro atoms. The second kappa shape index (κ2) is 5.76. The van der Waals surface area contributed by atoms with E-state index in [0.717, 1.165) is 17.4 Å². The Labute approximate surface area is 116 Å². The van der Waals surface area contributed by atoms with Crippen LogP contribution in [0.2, 0.25) is 0 Å². The Hall–Kier alpha value is -1.67. The van der Waals surface area contributed by atoms with E-state index in [2.05, 4.69) is 5.10 Å². The van der Waals surface area contributed by atoms with Gasteiger partial charge in [0.15, 0.2) is 0 Å². The number of piperidine rings is 1. The summed E-state index contributed by atoms with van der Waals surface area (Å²) >= 11 is 0. The summed E-state index contributed by atoms with van der Waals surface area (Å²) in [6.07, 6.45) is 1.71. The molecule has 112 valence electrons. The molecule has 0 radical (unpaired) electrons. The Bertz CT molecular complexity index is 594. The number of ether oxygens (including phenoxy) is 1. The monoisotopic (exact) mass is 283 g/mol. The molecule has 8 heteroatoms. The molecule has 1 aromatic heterocycles. The van der Waals surface area contributed by atoms with E-state index < -0.39 is 5.69 Å². The van der Waals surface area contributed by atoms with Crippen molar-refractivity contribution >= 4 is 5.82 Å². The van der Waals surface area contributed by atoms with E-state index in [9.17, 15) is 9.59 Å². The van der Waals surface area contributed by atoms with Gasteiger partial charge in [0.2, 0.25) is 5.82 Å². The number of hydrogen-bond donors (Lipinski definition) is 1. The van der Waals surface area contributed by atoms with Crippen molar-refractivity contribution in [2.75, 3.05) is 25.1 Å². The molecule has 0 saturated carbocycles. The second-order valence-corrected chi connectivity index (χ2v) is 5.06. The highest BCUT2D eigenvalue weighted by atomic mass is 16.5. The van der Waals surface area contributed by atoms with Crippen LogP contribution < -0.4 is 21.9 Å². The van der Waals surface area contributed by atoms with Crippen LogP contribution >= 0.6 is 0 Å². The lowest BCUT2D eigenvalue weighted by atomic mass is 9.99. The highest BCUT2D eigenvalue weighted by Crippen LogP contribution is 2.21. The molecule has 0 bridgehead atoms. The number of methoxy groups -OCH3 is 1. The van der Waals surface area contributed by atoms with Gasteiger partial charge in [0.25, 0.3) is 5.56 Å². The maximum atomic E-state index is 12.2. The normalized spacial score (nSPS) is 23.1. The molecule has 1 fully saturated rings. The van der Waals surface area contributed by atoms with Gasteiger partial charge in [0.1, 0.15) is 0 Å². The molecule has 1 aliphatic heterocycles. The Balaban J connectivity index is 2.41. The van der Waals surface area contributed by atoms with Gasteiger partial charge in [-0.3, -0.25) is 9.36 Å². The van der Waals surface area contributed by atoms with Gasteiger partial charge in [-0.15, -0.1) is 5.10 Å². The molecule has 2 unspecified atom stereocenters. The van der Waals surface area contributed by atoms with Crippen molar-refractivity contribution in [2.45, 2.75) is 25.0 Å². The van der Waals surface area contributed by atoms with Crippen molar-refractivity contribution in [3.05, 3.63) is 20.8 Å². The maximum Gasteiger partial charge on any atom is 0.346 e. The van der Waals surface area contributed by atoms with Gasteiger partial charge < -0.3 is 15.4 Å². The van der Waals surface area contributed by atoms with E-state index in [4.69, 9.17) is 10.5 Å². The lowest BCUT2D eigenvalue weighted by Crippen LogP contribution is -2.53. The minimum atomic E-state index is -0.435. The number of aromatic nitrogens is 3. The predicted molar refractivity (Wildman–Crippen MR) is 74.9 cm³/mol. The lowest BCUT2D eigenvalue weighted by molar-refractivity contribution is 0.0706. The first-order chi connectivity index (χ1) is 9.49. The molecule has 8 nitrogen and oxygen atoms in total. The summed E-state index contributed by atoms with van der Waals surface area (Å²) in [5.74, 6) is 0.277. The number of aryl methyl sites for hydroxylation is 1. The van der Waals surface area contributed by atoms with Crippen LogP contribution in [0.4, 0.5) is 5.82 Å². The standard InChI is InChI=1S/C12H21N5O3/c1-15-11(18)10(14-16(2)12(15)19)17-5-4-9(20-3)6-8(17)7-13/h8-9H,4-7,13H2,1-3H3. The van der Waals surface area contributed by atoms with Gasteiger partial charge in [-0.1, -0.05) is 0 Å². The van der Waals surface area contributed by atoms with Crippen LogP contribution in [0.1, 0.15) is 12.8 Å². The van der Waals surface area contributed by atoms with Crippen LogP contribution in [0.5, 0.6) is 0 Å². The quantitative estimate of drug-likeness (QED) is 0.719. The molecule has 2 rings (SSSR count). The molecule has 0 aliphatic carbocycles. The second-order valence-electron chi connectivity index (χ2n) is 5.06. The van der Waals surface area contributed by atoms with Crippen LogP contribution in [0.25, 0.3) is 0 Å². The summed E-state index contributed by atoms with van der Waals surface area (Å²) in [5.41, 5.74) is 4.98. The number of nitrogens with zero attached hydrogens (tertiary/aromatic N) is 4. The Morgan fingerprint density at radius 3 is 2.70 bits per heavy atom. The van der Waals surface area contributed by atoms with Crippen LogP contribution in [0.15, 0.2) is 9.59 Å². The molecule has 1 saturated heterocycles. The van der Waals surface area contributed by atoms with Gasteiger partial charge in [0, 0.05) is 40.3 Å². The summed E-state index contributed by atoms with van der Waals surface area (Å²) in [6.45, 7) is 1.05. The van der Waals surface area contributed by atoms with Crippen LogP contribution in [0.3, 0.4) is 0 Å². The molecule has 20 heavy (non-hydrogen) atoms. The highest BCUT2D eigenvalue weighted by Gasteiger charge is 2.30. The van der Waals surface area contributed by atoms with E-state index in [1.807, 2.05) is 4.90 Å². The molecular formula is C12H21N5O3. The zero-order valence-corrected chi connectivity index (χ0v) is 12.1. The minimum Gasteiger partial charge on any atom is -0.381 e. The topological polar surface area (TPSA) is 95.4 Å². The summed E-state index contributed by atoms with van der Waals surface area (Å²) in [5, 5.41) is 4.11. The summed E-state index contributed by atoms with van der Waals surface area (Å²) in [6, 6.07) is -0.00796. The highest BCUT2D eigenvalue weighted by molar-refractivity contribution is 5.37. The van der Waals surface area contributed by atoms with Crippen molar-refractivity contribution in [3.8, 4) is 0 Å². The lowest BCUT2D eigenvalue weighted by Gasteiger charge is -2.38. The van der Waals surface area contributed by atoms with E-state index in [1.165, 1.54) is 18.8 Å². The fourth-order valence-corrected chi connectivity index (χ4v) is 2.59. The van der Waals surface area contributed by atoms with E-state index in [1.54, 1.807) is 7.11 Å². The van der Waals surface area contributed by atoms with Crippen molar-refractivity contribution in [2.24, 2.45) is 19.8 Å². The largest absolute Gasteiger partial charge is 0.381 e. The number of nitrogens with two attached hydrogens (primary N) is 1. The summed E-state index contributed by atoms with van der Waals surface area (Å²) in [7, 11) is 4.66. The van der Waals surface area contributed by atoms with Gasteiger partial charge in [-0.05, 0) is 12.8 Å². The average molecular weight is 283 g/mol. The molecule has 1 aromatic rings. The number of hydrogen-bond acceptors (Lipinski definition) is 6. The van der Waals surface area contributed by atoms with E-state index in [-0.39, 0.29) is 23.5 Å². The third kappa shape index (κ3) is 2.48. The molecular weight excluding hydrogens is 262 g/mol. The van der Waals surface area contributed by atoms with Crippen molar-refractivity contribution in [3.63, 3.8) is 0 Å². The third-order valence-corrected chi connectivity index (χ3v) is 3.85. The van der Waals surface area contributed by atoms with Gasteiger partial charge in [0.05, 0.1) is 6.10 Å². The number of rotatable bonds is 3. The molecule has 0 aromatic carbocycles. The van der Waals surface area contributed by atoms with Crippen molar-refractivity contribution < 1.29 is 4.74 Å². The fraction of sp³-hybridized carbons (Fsp3) is 0.750. The van der Waals surface area contributed by atoms with Crippen LogP contribution in [-0.4, -0.2) is 46.7 Å².